The molecule has 0 unspecified atom stereocenters. The Hall–Kier alpha value is -2.04. The number of esters is 2. The first kappa shape index (κ1) is 19.3. The maximum atomic E-state index is 11.9. The molecule has 2 aromatic carbocycles. The number of rotatable bonds is 6. The minimum atomic E-state index is -0.483. The second kappa shape index (κ2) is 8.88. The van der Waals surface area contributed by atoms with Crippen molar-refractivity contribution in [1.82, 2.24) is 0 Å². The van der Waals surface area contributed by atoms with Gasteiger partial charge in [0.15, 0.2) is 5.75 Å². The Labute approximate surface area is 156 Å². The van der Waals surface area contributed by atoms with E-state index in [4.69, 9.17) is 32.7 Å². The van der Waals surface area contributed by atoms with Gasteiger partial charge in [0.1, 0.15) is 10.8 Å². The molecule has 0 aliphatic carbocycles. The highest BCUT2D eigenvalue weighted by molar-refractivity contribution is 6.43. The summed E-state index contributed by atoms with van der Waals surface area (Å²) < 4.78 is 10.5. The van der Waals surface area contributed by atoms with Crippen molar-refractivity contribution >= 4 is 35.1 Å². The van der Waals surface area contributed by atoms with E-state index < -0.39 is 5.97 Å². The number of carbonyl (C=O) groups is 2. The molecule has 0 saturated heterocycles. The van der Waals surface area contributed by atoms with Gasteiger partial charge < -0.3 is 9.47 Å². The van der Waals surface area contributed by atoms with Crippen LogP contribution >= 0.6 is 23.2 Å². The van der Waals surface area contributed by atoms with Crippen LogP contribution in [0.25, 0.3) is 0 Å². The molecule has 2 aromatic rings. The number of hydrogen-bond donors (Lipinski definition) is 0. The summed E-state index contributed by atoms with van der Waals surface area (Å²) in [6.45, 7) is 3.84. The molecule has 0 saturated carbocycles. The van der Waals surface area contributed by atoms with E-state index >= 15 is 0 Å². The zero-order chi connectivity index (χ0) is 18.4. The third-order valence-electron chi connectivity index (χ3n) is 3.68. The maximum absolute atomic E-state index is 11.9. The lowest BCUT2D eigenvalue weighted by atomic mass is 10.1. The summed E-state index contributed by atoms with van der Waals surface area (Å²) in [7, 11) is 0. The molecule has 0 aromatic heterocycles. The van der Waals surface area contributed by atoms with Gasteiger partial charge in [-0.1, -0.05) is 41.4 Å². The average Bonchev–Trinajstić information content (AvgIpc) is 2.56. The lowest BCUT2D eigenvalue weighted by molar-refractivity contribution is -0.136. The molecule has 0 heterocycles. The van der Waals surface area contributed by atoms with Crippen molar-refractivity contribution in [2.45, 2.75) is 33.1 Å². The molecule has 0 bridgehead atoms. The lowest BCUT2D eigenvalue weighted by Crippen LogP contribution is -2.12. The van der Waals surface area contributed by atoms with Crippen molar-refractivity contribution in [3.8, 4) is 11.5 Å². The summed E-state index contributed by atoms with van der Waals surface area (Å²) in [5.41, 5.74) is 1.97. The van der Waals surface area contributed by atoms with Crippen LogP contribution < -0.4 is 9.47 Å². The van der Waals surface area contributed by atoms with Gasteiger partial charge in [0.2, 0.25) is 0 Å². The number of carbonyl (C=O) groups excluding carboxylic acids is 2. The van der Waals surface area contributed by atoms with Crippen LogP contribution in [-0.4, -0.2) is 11.9 Å². The number of halogens is 2. The topological polar surface area (TPSA) is 52.6 Å². The minimum Gasteiger partial charge on any atom is -0.426 e. The Kier molecular flexibility index (Phi) is 6.85. The molecule has 0 radical (unpaired) electrons. The summed E-state index contributed by atoms with van der Waals surface area (Å²) in [5.74, 6) is -0.124. The van der Waals surface area contributed by atoms with E-state index in [9.17, 15) is 9.59 Å². The summed E-state index contributed by atoms with van der Waals surface area (Å²) in [4.78, 5) is 23.7. The van der Waals surface area contributed by atoms with Crippen LogP contribution in [0, 0.1) is 13.8 Å². The monoisotopic (exact) mass is 380 g/mol. The molecule has 0 N–H and O–H groups in total. The Balaban J connectivity index is 1.80. The molecule has 0 atom stereocenters. The SMILES string of the molecule is Cc1cccc(OC(=O)CCCC(=O)Oc2cccc(Cl)c2Cl)c1C. The van der Waals surface area contributed by atoms with E-state index in [1.165, 1.54) is 0 Å². The fraction of sp³-hybridized carbons (Fsp3) is 0.263. The molecule has 0 spiro atoms. The molecule has 132 valence electrons. The fourth-order valence-electron chi connectivity index (χ4n) is 2.12. The largest absolute Gasteiger partial charge is 0.426 e. The van der Waals surface area contributed by atoms with Crippen LogP contribution in [0.3, 0.4) is 0 Å². The molecule has 6 heteroatoms. The predicted octanol–water partition coefficient (Wildman–Crippen LogP) is 5.29. The van der Waals surface area contributed by atoms with Crippen molar-refractivity contribution < 1.29 is 19.1 Å². The normalized spacial score (nSPS) is 10.4. The standard InChI is InChI=1S/C19H18Cl2O4/c1-12-6-3-8-15(13(12)2)24-17(22)10-5-11-18(23)25-16-9-4-7-14(20)19(16)21/h3-4,6-9H,5,10-11H2,1-2H3. The van der Waals surface area contributed by atoms with Crippen molar-refractivity contribution in [2.75, 3.05) is 0 Å². The predicted molar refractivity (Wildman–Crippen MR) is 97.5 cm³/mol. The Morgan fingerprint density at radius 2 is 1.44 bits per heavy atom. The zero-order valence-corrected chi connectivity index (χ0v) is 15.5. The van der Waals surface area contributed by atoms with Gasteiger partial charge in [-0.05, 0) is 49.6 Å². The number of ether oxygens (including phenoxy) is 2. The third kappa shape index (κ3) is 5.48. The highest BCUT2D eigenvalue weighted by Crippen LogP contribution is 2.31. The van der Waals surface area contributed by atoms with Crippen LogP contribution in [-0.2, 0) is 9.59 Å². The van der Waals surface area contributed by atoms with Gasteiger partial charge in [0, 0.05) is 12.8 Å². The quantitative estimate of drug-likeness (QED) is 0.504. The molecule has 0 aliphatic heterocycles. The van der Waals surface area contributed by atoms with Crippen LogP contribution in [0.2, 0.25) is 10.0 Å². The van der Waals surface area contributed by atoms with Gasteiger partial charge in [0.25, 0.3) is 0 Å². The second-order valence-electron chi connectivity index (χ2n) is 5.55. The minimum absolute atomic E-state index is 0.0741. The van der Waals surface area contributed by atoms with Crippen molar-refractivity contribution in [3.63, 3.8) is 0 Å². The van der Waals surface area contributed by atoms with Crippen LogP contribution in [0.5, 0.6) is 11.5 Å². The molecule has 0 amide bonds. The molecular weight excluding hydrogens is 363 g/mol. The first-order chi connectivity index (χ1) is 11.9. The molecule has 25 heavy (non-hydrogen) atoms. The van der Waals surface area contributed by atoms with Gasteiger partial charge in [0.05, 0.1) is 5.02 Å². The second-order valence-corrected chi connectivity index (χ2v) is 6.34. The first-order valence-electron chi connectivity index (χ1n) is 7.80. The first-order valence-corrected chi connectivity index (χ1v) is 8.55. The van der Waals surface area contributed by atoms with E-state index in [1.54, 1.807) is 24.3 Å². The Morgan fingerprint density at radius 3 is 2.12 bits per heavy atom. The van der Waals surface area contributed by atoms with E-state index in [0.29, 0.717) is 17.2 Å². The number of hydrogen-bond acceptors (Lipinski definition) is 4. The summed E-state index contributed by atoms with van der Waals surface area (Å²) >= 11 is 11.8. The summed E-state index contributed by atoms with van der Waals surface area (Å²) in [5, 5.41) is 0.496. The van der Waals surface area contributed by atoms with E-state index in [-0.39, 0.29) is 29.6 Å². The average molecular weight is 381 g/mol. The van der Waals surface area contributed by atoms with Gasteiger partial charge in [-0.25, -0.2) is 0 Å². The molecule has 0 fully saturated rings. The third-order valence-corrected chi connectivity index (χ3v) is 4.48. The van der Waals surface area contributed by atoms with E-state index in [2.05, 4.69) is 0 Å². The molecule has 4 nitrogen and oxygen atoms in total. The summed E-state index contributed by atoms with van der Waals surface area (Å²) in [6, 6.07) is 10.3. The molecular formula is C19H18Cl2O4. The van der Waals surface area contributed by atoms with E-state index in [0.717, 1.165) is 11.1 Å². The smallest absolute Gasteiger partial charge is 0.311 e. The Bertz CT molecular complexity index is 721. The molecule has 0 aliphatic rings. The number of benzene rings is 2. The molecule has 2 rings (SSSR count). The maximum Gasteiger partial charge on any atom is 0.311 e. The van der Waals surface area contributed by atoms with Crippen LogP contribution in [0.15, 0.2) is 36.4 Å². The number of aryl methyl sites for hydroxylation is 1. The fourth-order valence-corrected chi connectivity index (χ4v) is 2.45. The van der Waals surface area contributed by atoms with Gasteiger partial charge in [-0.15, -0.1) is 0 Å². The highest BCUT2D eigenvalue weighted by Gasteiger charge is 2.13. The van der Waals surface area contributed by atoms with Crippen molar-refractivity contribution in [3.05, 3.63) is 57.6 Å². The van der Waals surface area contributed by atoms with Gasteiger partial charge in [-0.2, -0.15) is 0 Å². The van der Waals surface area contributed by atoms with Gasteiger partial charge >= 0.3 is 11.9 Å². The highest BCUT2D eigenvalue weighted by atomic mass is 35.5. The van der Waals surface area contributed by atoms with Gasteiger partial charge in [-0.3, -0.25) is 9.59 Å². The van der Waals surface area contributed by atoms with E-state index in [1.807, 2.05) is 26.0 Å². The van der Waals surface area contributed by atoms with Crippen molar-refractivity contribution in [1.29, 1.82) is 0 Å². The Morgan fingerprint density at radius 1 is 0.880 bits per heavy atom. The zero-order valence-electron chi connectivity index (χ0n) is 14.0. The van der Waals surface area contributed by atoms with Crippen LogP contribution in [0.1, 0.15) is 30.4 Å². The lowest BCUT2D eigenvalue weighted by Gasteiger charge is -2.09. The van der Waals surface area contributed by atoms with Crippen molar-refractivity contribution in [2.24, 2.45) is 0 Å². The summed E-state index contributed by atoms with van der Waals surface area (Å²) in [6.07, 6.45) is 0.511. The van der Waals surface area contributed by atoms with Crippen LogP contribution in [0.4, 0.5) is 0 Å².